The van der Waals surface area contributed by atoms with E-state index in [1.807, 2.05) is 35.0 Å². The molecule has 0 saturated carbocycles. The van der Waals surface area contributed by atoms with Gasteiger partial charge in [-0.3, -0.25) is 0 Å². The Balaban J connectivity index is 2.13. The second-order valence-electron chi connectivity index (χ2n) is 4.22. The Morgan fingerprint density at radius 2 is 2.15 bits per heavy atom. The molecular formula is C13H12BrN5O. The van der Waals surface area contributed by atoms with Crippen molar-refractivity contribution in [2.75, 3.05) is 12.8 Å². The van der Waals surface area contributed by atoms with Crippen molar-refractivity contribution in [1.82, 2.24) is 19.4 Å². The van der Waals surface area contributed by atoms with E-state index >= 15 is 0 Å². The van der Waals surface area contributed by atoms with Crippen LogP contribution in [0.5, 0.6) is 0 Å². The Kier molecular flexibility index (Phi) is 3.37. The maximum absolute atomic E-state index is 5.90. The van der Waals surface area contributed by atoms with Gasteiger partial charge >= 0.3 is 0 Å². The van der Waals surface area contributed by atoms with Crippen molar-refractivity contribution >= 4 is 27.4 Å². The van der Waals surface area contributed by atoms with Gasteiger partial charge in [0.1, 0.15) is 17.2 Å². The van der Waals surface area contributed by atoms with Gasteiger partial charge in [0.2, 0.25) is 0 Å². The number of nitrogens with zero attached hydrogens (tertiary/aromatic N) is 4. The highest BCUT2D eigenvalue weighted by Gasteiger charge is 2.13. The number of nitrogens with two attached hydrogens (primary N) is 1. The van der Waals surface area contributed by atoms with Crippen LogP contribution < -0.4 is 5.73 Å². The highest BCUT2D eigenvalue weighted by Crippen LogP contribution is 2.25. The van der Waals surface area contributed by atoms with Crippen molar-refractivity contribution in [3.8, 4) is 11.5 Å². The third kappa shape index (κ3) is 2.25. The minimum absolute atomic E-state index is 0.355. The number of hydrogen-bond donors (Lipinski definition) is 1. The summed E-state index contributed by atoms with van der Waals surface area (Å²) in [5, 5.41) is 0. The van der Waals surface area contributed by atoms with Crippen LogP contribution in [0.1, 0.15) is 5.69 Å². The van der Waals surface area contributed by atoms with Gasteiger partial charge in [-0.2, -0.15) is 0 Å². The zero-order valence-corrected chi connectivity index (χ0v) is 12.3. The third-order valence-corrected chi connectivity index (χ3v) is 3.68. The van der Waals surface area contributed by atoms with Crippen molar-refractivity contribution in [1.29, 1.82) is 0 Å². The average Bonchev–Trinajstić information content (AvgIpc) is 2.87. The van der Waals surface area contributed by atoms with Crippen molar-refractivity contribution in [3.63, 3.8) is 0 Å². The second kappa shape index (κ2) is 5.18. The summed E-state index contributed by atoms with van der Waals surface area (Å²) in [6, 6.07) is 5.78. The minimum Gasteiger partial charge on any atom is -0.383 e. The lowest BCUT2D eigenvalue weighted by atomic mass is 10.3. The summed E-state index contributed by atoms with van der Waals surface area (Å²) in [5.74, 6) is 0.862. The number of aromatic nitrogens is 4. The van der Waals surface area contributed by atoms with Crippen molar-refractivity contribution in [2.45, 2.75) is 6.61 Å². The molecule has 0 aliphatic carbocycles. The van der Waals surface area contributed by atoms with E-state index in [4.69, 9.17) is 10.5 Å². The fraction of sp³-hybridized carbons (Fsp3) is 0.154. The van der Waals surface area contributed by atoms with Crippen LogP contribution in [0.4, 0.5) is 5.82 Å². The molecule has 102 valence electrons. The monoisotopic (exact) mass is 333 g/mol. The number of methoxy groups -OCH3 is 1. The zero-order chi connectivity index (χ0) is 14.1. The Bertz CT molecular complexity index is 738. The number of imidazole rings is 1. The number of nitrogen functional groups attached to an aromatic ring is 1. The van der Waals surface area contributed by atoms with E-state index in [2.05, 4.69) is 30.9 Å². The number of fused-ring (bicyclic) bond motifs is 1. The molecule has 0 bridgehead atoms. The minimum atomic E-state index is 0.355. The number of anilines is 1. The molecule has 7 heteroatoms. The van der Waals surface area contributed by atoms with Crippen LogP contribution in [0.25, 0.3) is 17.2 Å². The SMILES string of the molecule is COCc1nc(-c2cn3ccccc3n2)nc(N)c1Br. The topological polar surface area (TPSA) is 78.3 Å². The molecule has 0 atom stereocenters. The maximum Gasteiger partial charge on any atom is 0.182 e. The molecule has 3 aromatic rings. The smallest absolute Gasteiger partial charge is 0.182 e. The summed E-state index contributed by atoms with van der Waals surface area (Å²) in [6.07, 6.45) is 3.79. The lowest BCUT2D eigenvalue weighted by Gasteiger charge is -2.06. The van der Waals surface area contributed by atoms with Gasteiger partial charge in [-0.15, -0.1) is 0 Å². The molecule has 3 rings (SSSR count). The van der Waals surface area contributed by atoms with Crippen LogP contribution in [0.3, 0.4) is 0 Å². The first kappa shape index (κ1) is 13.0. The fourth-order valence-corrected chi connectivity index (χ4v) is 2.19. The fourth-order valence-electron chi connectivity index (χ4n) is 1.90. The second-order valence-corrected chi connectivity index (χ2v) is 5.01. The molecule has 0 aliphatic heterocycles. The molecule has 3 aromatic heterocycles. The van der Waals surface area contributed by atoms with E-state index in [1.165, 1.54) is 0 Å². The summed E-state index contributed by atoms with van der Waals surface area (Å²) in [5.41, 5.74) is 8.10. The lowest BCUT2D eigenvalue weighted by molar-refractivity contribution is 0.181. The molecule has 3 heterocycles. The molecule has 6 nitrogen and oxygen atoms in total. The number of halogens is 1. The van der Waals surface area contributed by atoms with Crippen LogP contribution in [0, 0.1) is 0 Å². The Labute approximate surface area is 123 Å². The van der Waals surface area contributed by atoms with Gasteiger partial charge in [0, 0.05) is 19.5 Å². The third-order valence-electron chi connectivity index (χ3n) is 2.82. The summed E-state index contributed by atoms with van der Waals surface area (Å²) >= 11 is 3.37. The standard InChI is InChI=1S/C13H12BrN5O/c1-20-7-9-11(14)12(15)18-13(17-9)8-6-19-5-3-2-4-10(19)16-8/h2-6H,7H2,1H3,(H2,15,17,18). The van der Waals surface area contributed by atoms with Crippen molar-refractivity contribution < 1.29 is 4.74 Å². The van der Waals surface area contributed by atoms with Crippen LogP contribution in [-0.2, 0) is 11.3 Å². The summed E-state index contributed by atoms with van der Waals surface area (Å²) < 4.78 is 7.68. The van der Waals surface area contributed by atoms with Crippen molar-refractivity contribution in [3.05, 3.63) is 40.8 Å². The highest BCUT2D eigenvalue weighted by molar-refractivity contribution is 9.10. The molecule has 0 aromatic carbocycles. The van der Waals surface area contributed by atoms with Gasteiger partial charge in [0.15, 0.2) is 5.82 Å². The zero-order valence-electron chi connectivity index (χ0n) is 10.7. The molecule has 0 fully saturated rings. The molecule has 0 radical (unpaired) electrons. The van der Waals surface area contributed by atoms with Crippen LogP contribution in [0.15, 0.2) is 35.1 Å². The first-order valence-electron chi connectivity index (χ1n) is 5.94. The summed E-state index contributed by atoms with van der Waals surface area (Å²) in [6.45, 7) is 0.355. The van der Waals surface area contributed by atoms with Crippen LogP contribution in [-0.4, -0.2) is 26.5 Å². The molecule has 0 aliphatic rings. The van der Waals surface area contributed by atoms with Gasteiger partial charge in [-0.1, -0.05) is 6.07 Å². The molecule has 0 unspecified atom stereocenters. The van der Waals surface area contributed by atoms with Crippen molar-refractivity contribution in [2.24, 2.45) is 0 Å². The van der Waals surface area contributed by atoms with Gasteiger partial charge in [0.25, 0.3) is 0 Å². The van der Waals surface area contributed by atoms with Crippen LogP contribution in [0.2, 0.25) is 0 Å². The van der Waals surface area contributed by atoms with E-state index in [1.54, 1.807) is 7.11 Å². The molecular weight excluding hydrogens is 322 g/mol. The number of rotatable bonds is 3. The van der Waals surface area contributed by atoms with E-state index in [0.717, 1.165) is 5.65 Å². The predicted molar refractivity (Wildman–Crippen MR) is 79.0 cm³/mol. The number of ether oxygens (including phenoxy) is 1. The highest BCUT2D eigenvalue weighted by atomic mass is 79.9. The first-order valence-corrected chi connectivity index (χ1v) is 6.73. The van der Waals surface area contributed by atoms with E-state index in [-0.39, 0.29) is 0 Å². The van der Waals surface area contributed by atoms with Gasteiger partial charge in [-0.25, -0.2) is 15.0 Å². The van der Waals surface area contributed by atoms with Gasteiger partial charge < -0.3 is 14.9 Å². The Hall–Kier alpha value is -1.99. The number of pyridine rings is 1. The molecule has 0 amide bonds. The summed E-state index contributed by atoms with van der Waals surface area (Å²) in [7, 11) is 1.61. The van der Waals surface area contributed by atoms with Gasteiger partial charge in [-0.05, 0) is 28.1 Å². The van der Waals surface area contributed by atoms with E-state index in [0.29, 0.717) is 34.1 Å². The van der Waals surface area contributed by atoms with E-state index in [9.17, 15) is 0 Å². The Morgan fingerprint density at radius 3 is 2.90 bits per heavy atom. The molecule has 2 N–H and O–H groups in total. The normalized spacial score (nSPS) is 11.1. The largest absolute Gasteiger partial charge is 0.383 e. The molecule has 0 spiro atoms. The predicted octanol–water partition coefficient (Wildman–Crippen LogP) is 2.28. The first-order chi connectivity index (χ1) is 9.69. The Morgan fingerprint density at radius 1 is 1.30 bits per heavy atom. The van der Waals surface area contributed by atoms with Crippen LogP contribution >= 0.6 is 15.9 Å². The average molecular weight is 334 g/mol. The molecule has 20 heavy (non-hydrogen) atoms. The van der Waals surface area contributed by atoms with Gasteiger partial charge in [0.05, 0.1) is 16.8 Å². The maximum atomic E-state index is 5.90. The van der Waals surface area contributed by atoms with E-state index < -0.39 is 0 Å². The molecule has 0 saturated heterocycles. The lowest BCUT2D eigenvalue weighted by Crippen LogP contribution is -2.03. The quantitative estimate of drug-likeness (QED) is 0.795. The summed E-state index contributed by atoms with van der Waals surface area (Å²) in [4.78, 5) is 13.2. The number of hydrogen-bond acceptors (Lipinski definition) is 5.